The molecule has 1 N–H and O–H groups in total. The zero-order valence-corrected chi connectivity index (χ0v) is 15.5. The predicted octanol–water partition coefficient (Wildman–Crippen LogP) is -1.22. The molecule has 0 atom stereocenters. The van der Waals surface area contributed by atoms with Gasteiger partial charge in [-0.3, -0.25) is 4.55 Å². The maximum absolute atomic E-state index is 11.7. The maximum atomic E-state index is 11.7. The van der Waals surface area contributed by atoms with Gasteiger partial charge in [0.1, 0.15) is 4.90 Å². The van der Waals surface area contributed by atoms with E-state index in [2.05, 4.69) is 9.47 Å². The third-order valence-electron chi connectivity index (χ3n) is 3.04. The van der Waals surface area contributed by atoms with Crippen LogP contribution in [0.4, 0.5) is 0 Å². The van der Waals surface area contributed by atoms with Gasteiger partial charge in [-0.25, -0.2) is 9.59 Å². The van der Waals surface area contributed by atoms with Crippen molar-refractivity contribution < 1.29 is 63.0 Å². The average Bonchev–Trinajstić information content (AvgIpc) is 2.50. The molecular weight excluding hydrogens is 335 g/mol. The van der Waals surface area contributed by atoms with E-state index >= 15 is 0 Å². The van der Waals surface area contributed by atoms with Crippen LogP contribution in [0.5, 0.6) is 0 Å². The van der Waals surface area contributed by atoms with Crippen LogP contribution in [0.2, 0.25) is 0 Å². The molecule has 23 heavy (non-hydrogen) atoms. The van der Waals surface area contributed by atoms with Gasteiger partial charge in [-0.1, -0.05) is 6.07 Å². The number of methoxy groups -OCH3 is 2. The van der Waals surface area contributed by atoms with Crippen molar-refractivity contribution in [1.29, 1.82) is 0 Å². The average molecular weight is 348 g/mol. The van der Waals surface area contributed by atoms with E-state index in [-0.39, 0.29) is 42.1 Å². The van der Waals surface area contributed by atoms with E-state index < -0.39 is 27.0 Å². The molecule has 0 amide bonds. The van der Waals surface area contributed by atoms with Crippen molar-refractivity contribution in [3.8, 4) is 0 Å². The Morgan fingerprint density at radius 1 is 1.00 bits per heavy atom. The first-order valence-electron chi connectivity index (χ1n) is 6.00. The first-order chi connectivity index (χ1) is 10.3. The number of rotatable bonds is 3. The Morgan fingerprint density at radius 2 is 1.61 bits per heavy atom. The summed E-state index contributed by atoms with van der Waals surface area (Å²) < 4.78 is 41.3. The summed E-state index contributed by atoms with van der Waals surface area (Å²) in [5.41, 5.74) is -0.0783. The van der Waals surface area contributed by atoms with Crippen molar-refractivity contribution in [1.82, 2.24) is 0 Å². The van der Waals surface area contributed by atoms with Crippen LogP contribution in [0.25, 0.3) is 10.8 Å². The second-order valence-corrected chi connectivity index (χ2v) is 5.76. The number of hydrogen-bond acceptors (Lipinski definition) is 6. The quantitative estimate of drug-likeness (QED) is 0.421. The molecule has 0 fully saturated rings. The number of fused-ring (bicyclic) bond motifs is 1. The van der Waals surface area contributed by atoms with E-state index in [9.17, 15) is 22.6 Å². The van der Waals surface area contributed by atoms with Crippen molar-refractivity contribution in [3.63, 3.8) is 0 Å². The summed E-state index contributed by atoms with van der Waals surface area (Å²) in [4.78, 5) is 22.6. The van der Waals surface area contributed by atoms with Crippen LogP contribution < -0.4 is 29.6 Å². The normalized spacial score (nSPS) is 10.7. The molecular formula is C14H13NaO7S. The second-order valence-electron chi connectivity index (χ2n) is 4.37. The minimum atomic E-state index is -4.64. The van der Waals surface area contributed by atoms with Crippen LogP contribution in [0.1, 0.15) is 22.1 Å². The molecule has 2 rings (SSSR count). The predicted molar refractivity (Wildman–Crippen MR) is 77.6 cm³/mol. The van der Waals surface area contributed by atoms with Gasteiger partial charge in [0.15, 0.2) is 0 Å². The Kier molecular flexibility index (Phi) is 6.32. The molecule has 0 radical (unpaired) electrons. The largest absolute Gasteiger partial charge is 1.00 e. The first kappa shape index (κ1) is 19.6. The van der Waals surface area contributed by atoms with Crippen LogP contribution in [-0.4, -0.2) is 39.1 Å². The number of carbonyl (C=O) groups excluding carboxylic acids is 2. The fraction of sp³-hybridized carbons (Fsp3) is 0.143. The summed E-state index contributed by atoms with van der Waals surface area (Å²) in [6, 6.07) is 6.77. The molecule has 0 heterocycles. The van der Waals surface area contributed by atoms with E-state index in [1.54, 1.807) is 0 Å². The first-order valence-corrected chi connectivity index (χ1v) is 7.44. The van der Waals surface area contributed by atoms with Crippen LogP contribution in [-0.2, 0) is 19.6 Å². The Balaban J connectivity index is 0.00000264. The van der Waals surface area contributed by atoms with Gasteiger partial charge in [0.05, 0.1) is 25.3 Å². The van der Waals surface area contributed by atoms with Gasteiger partial charge in [0.25, 0.3) is 10.1 Å². The molecule has 0 saturated heterocycles. The van der Waals surface area contributed by atoms with Gasteiger partial charge in [-0.2, -0.15) is 8.42 Å². The summed E-state index contributed by atoms with van der Waals surface area (Å²) in [5, 5.41) is 0.851. The molecule has 0 aliphatic rings. The Morgan fingerprint density at radius 3 is 2.13 bits per heavy atom. The molecule has 0 unspecified atom stereocenters. The van der Waals surface area contributed by atoms with Crippen molar-refractivity contribution in [2.24, 2.45) is 0 Å². The van der Waals surface area contributed by atoms with Crippen molar-refractivity contribution >= 4 is 32.8 Å². The molecule has 7 nitrogen and oxygen atoms in total. The van der Waals surface area contributed by atoms with Gasteiger partial charge in [-0.05, 0) is 35.0 Å². The van der Waals surface area contributed by atoms with Gasteiger partial charge < -0.3 is 10.9 Å². The maximum Gasteiger partial charge on any atom is 1.00 e. The van der Waals surface area contributed by atoms with Crippen LogP contribution in [0, 0.1) is 0 Å². The van der Waals surface area contributed by atoms with Gasteiger partial charge in [-0.15, -0.1) is 0 Å². The molecule has 2 aromatic carbocycles. The summed E-state index contributed by atoms with van der Waals surface area (Å²) in [7, 11) is -2.32. The van der Waals surface area contributed by atoms with Gasteiger partial charge in [0.2, 0.25) is 0 Å². The standard InChI is InChI=1S/C14H12O7S.Na.H/c1-20-13(15)9-4-3-8-6-11(14(16)21-2)12(22(17,18)19)7-10(8)5-9;;/h3-7H,1-2H3,(H,17,18,19);;/q;+1;-1. The molecule has 118 valence electrons. The van der Waals surface area contributed by atoms with E-state index in [4.69, 9.17) is 0 Å². The number of benzene rings is 2. The second kappa shape index (κ2) is 7.41. The minimum absolute atomic E-state index is 0. The topological polar surface area (TPSA) is 107 Å². The third kappa shape index (κ3) is 4.10. The van der Waals surface area contributed by atoms with Gasteiger partial charge in [0, 0.05) is 0 Å². The SMILES string of the molecule is COC(=O)c1ccc2cc(C(=O)OC)c(S(=O)(=O)O)cc2c1.[H-].[Na+]. The summed E-state index contributed by atoms with van der Waals surface area (Å²) in [6.07, 6.45) is 0. The number of ether oxygens (including phenoxy) is 2. The molecule has 0 spiro atoms. The molecule has 2 aromatic rings. The fourth-order valence-electron chi connectivity index (χ4n) is 2.00. The minimum Gasteiger partial charge on any atom is -1.00 e. The molecule has 0 aliphatic heterocycles. The number of carbonyl (C=O) groups is 2. The zero-order chi connectivity index (χ0) is 16.5. The zero-order valence-electron chi connectivity index (χ0n) is 13.7. The van der Waals surface area contributed by atoms with E-state index in [1.165, 1.54) is 31.4 Å². The van der Waals surface area contributed by atoms with Crippen LogP contribution in [0.15, 0.2) is 35.2 Å². The van der Waals surface area contributed by atoms with Crippen molar-refractivity contribution in [2.75, 3.05) is 14.2 Å². The summed E-state index contributed by atoms with van der Waals surface area (Å²) >= 11 is 0. The monoisotopic (exact) mass is 348 g/mol. The molecule has 0 aromatic heterocycles. The van der Waals surface area contributed by atoms with Crippen LogP contribution >= 0.6 is 0 Å². The smallest absolute Gasteiger partial charge is 1.00 e. The summed E-state index contributed by atoms with van der Waals surface area (Å²) in [6.45, 7) is 0. The number of esters is 2. The Labute approximate surface area is 156 Å². The molecule has 0 saturated carbocycles. The van der Waals surface area contributed by atoms with E-state index in [0.717, 1.165) is 13.2 Å². The van der Waals surface area contributed by atoms with E-state index in [1.807, 2.05) is 0 Å². The van der Waals surface area contributed by atoms with Crippen molar-refractivity contribution in [3.05, 3.63) is 41.5 Å². The Hall–Kier alpha value is -1.45. The van der Waals surface area contributed by atoms with Crippen LogP contribution in [0.3, 0.4) is 0 Å². The Bertz CT molecular complexity index is 880. The fourth-order valence-corrected chi connectivity index (χ4v) is 2.70. The van der Waals surface area contributed by atoms with Gasteiger partial charge >= 0.3 is 41.5 Å². The molecule has 9 heteroatoms. The van der Waals surface area contributed by atoms with Crippen molar-refractivity contribution in [2.45, 2.75) is 4.90 Å². The van der Waals surface area contributed by atoms with E-state index in [0.29, 0.717) is 10.8 Å². The molecule has 0 bridgehead atoms. The third-order valence-corrected chi connectivity index (χ3v) is 3.94. The summed E-state index contributed by atoms with van der Waals surface area (Å²) in [5.74, 6) is -1.49. The molecule has 0 aliphatic carbocycles. The number of hydrogen-bond donors (Lipinski definition) is 1.